The molecule has 0 spiro atoms. The molecule has 4 nitrogen and oxygen atoms in total. The quantitative estimate of drug-likeness (QED) is 0.641. The van der Waals surface area contributed by atoms with Crippen molar-refractivity contribution in [3.8, 4) is 22.0 Å². The Labute approximate surface area is 142 Å². The molecule has 1 aromatic carbocycles. The van der Waals surface area contributed by atoms with Gasteiger partial charge in [0, 0.05) is 17.1 Å². The Bertz CT molecular complexity index is 757. The molecule has 2 heterocycles. The molecule has 0 atom stereocenters. The highest BCUT2D eigenvalue weighted by molar-refractivity contribution is 8.93. The molecule has 0 aliphatic carbocycles. The number of nitrogens with zero attached hydrogens (tertiary/aromatic N) is 2. The van der Waals surface area contributed by atoms with Gasteiger partial charge in [0.25, 0.3) is 0 Å². The normalized spacial score (nSPS) is 9.86. The van der Waals surface area contributed by atoms with E-state index in [0.29, 0.717) is 5.56 Å². The van der Waals surface area contributed by atoms with Crippen LogP contribution in [-0.4, -0.2) is 23.0 Å². The predicted octanol–water partition coefficient (Wildman–Crippen LogP) is 4.24. The minimum Gasteiger partial charge on any atom is -0.465 e. The van der Waals surface area contributed by atoms with Gasteiger partial charge < -0.3 is 4.74 Å². The molecule has 3 rings (SSSR count). The number of esters is 1. The van der Waals surface area contributed by atoms with Crippen molar-refractivity contribution < 1.29 is 9.53 Å². The van der Waals surface area contributed by atoms with Crippen molar-refractivity contribution >= 4 is 34.3 Å². The molecule has 0 aliphatic heterocycles. The molecule has 6 heteroatoms. The number of hydrogen-bond acceptors (Lipinski definition) is 5. The second kappa shape index (κ2) is 7.29. The summed E-state index contributed by atoms with van der Waals surface area (Å²) in [6.45, 7) is 0. The minimum absolute atomic E-state index is 0. The molecule has 112 valence electrons. The summed E-state index contributed by atoms with van der Waals surface area (Å²) in [5.74, 6) is -0.338. The largest absolute Gasteiger partial charge is 0.465 e. The van der Waals surface area contributed by atoms with Gasteiger partial charge in [-0.25, -0.2) is 9.78 Å². The van der Waals surface area contributed by atoms with Crippen molar-refractivity contribution in [3.63, 3.8) is 0 Å². The van der Waals surface area contributed by atoms with Gasteiger partial charge in [0.05, 0.1) is 18.4 Å². The Morgan fingerprint density at radius 3 is 2.50 bits per heavy atom. The van der Waals surface area contributed by atoms with Gasteiger partial charge in [0.2, 0.25) is 0 Å². The van der Waals surface area contributed by atoms with E-state index < -0.39 is 0 Å². The Hall–Kier alpha value is -2.05. The average Bonchev–Trinajstić information content (AvgIpc) is 3.05. The number of hydrogen-bond donors (Lipinski definition) is 0. The number of carbonyl (C=O) groups excluding carboxylic acids is 1. The maximum Gasteiger partial charge on any atom is 0.337 e. The summed E-state index contributed by atoms with van der Waals surface area (Å²) in [5.41, 5.74) is 3.21. The number of carbonyl (C=O) groups is 1. The lowest BCUT2D eigenvalue weighted by Gasteiger charge is -2.00. The molecular weight excluding hydrogens is 364 g/mol. The van der Waals surface area contributed by atoms with Crippen LogP contribution < -0.4 is 0 Å². The molecule has 0 unspecified atom stereocenters. The monoisotopic (exact) mass is 376 g/mol. The first-order chi connectivity index (χ1) is 10.3. The highest BCUT2D eigenvalue weighted by atomic mass is 79.9. The van der Waals surface area contributed by atoms with Crippen LogP contribution in [0.15, 0.2) is 54.0 Å². The number of methoxy groups -OCH3 is 1. The molecule has 0 saturated heterocycles. The molecular formula is C16H13BrN2O2S. The van der Waals surface area contributed by atoms with E-state index in [-0.39, 0.29) is 23.0 Å². The molecule has 0 radical (unpaired) electrons. The fourth-order valence-electron chi connectivity index (χ4n) is 1.90. The Morgan fingerprint density at radius 1 is 1.09 bits per heavy atom. The molecule has 0 amide bonds. The van der Waals surface area contributed by atoms with Gasteiger partial charge in [-0.05, 0) is 24.3 Å². The summed E-state index contributed by atoms with van der Waals surface area (Å²) >= 11 is 1.55. The third-order valence-corrected chi connectivity index (χ3v) is 3.88. The lowest BCUT2D eigenvalue weighted by Crippen LogP contribution is -2.00. The maximum atomic E-state index is 11.4. The minimum atomic E-state index is -0.338. The summed E-state index contributed by atoms with van der Waals surface area (Å²) in [6, 6.07) is 13.0. The summed E-state index contributed by atoms with van der Waals surface area (Å²) in [6.07, 6.45) is 1.75. The van der Waals surface area contributed by atoms with Crippen LogP contribution in [0.25, 0.3) is 22.0 Å². The third-order valence-electron chi connectivity index (χ3n) is 2.98. The van der Waals surface area contributed by atoms with Crippen LogP contribution in [0.3, 0.4) is 0 Å². The number of thiazole rings is 1. The van der Waals surface area contributed by atoms with Crippen LogP contribution in [0.1, 0.15) is 10.4 Å². The SMILES string of the molecule is Br.COC(=O)c1ccc(-c2nc(-c3ccccn3)cs2)cc1. The second-order valence-corrected chi connectivity index (χ2v) is 5.18. The smallest absolute Gasteiger partial charge is 0.337 e. The summed E-state index contributed by atoms with van der Waals surface area (Å²) < 4.78 is 4.68. The van der Waals surface area contributed by atoms with Gasteiger partial charge in [-0.15, -0.1) is 28.3 Å². The third kappa shape index (κ3) is 3.40. The molecule has 3 aromatic rings. The van der Waals surface area contributed by atoms with Crippen LogP contribution in [0.2, 0.25) is 0 Å². The summed E-state index contributed by atoms with van der Waals surface area (Å²) in [4.78, 5) is 20.3. The van der Waals surface area contributed by atoms with E-state index in [0.717, 1.165) is 22.0 Å². The maximum absolute atomic E-state index is 11.4. The zero-order chi connectivity index (χ0) is 14.7. The van der Waals surface area contributed by atoms with Crippen molar-refractivity contribution in [1.29, 1.82) is 0 Å². The van der Waals surface area contributed by atoms with Crippen LogP contribution in [-0.2, 0) is 4.74 Å². The highest BCUT2D eigenvalue weighted by Crippen LogP contribution is 2.28. The Kier molecular flexibility index (Phi) is 5.41. The Morgan fingerprint density at radius 2 is 1.86 bits per heavy atom. The van der Waals surface area contributed by atoms with Crippen LogP contribution in [0, 0.1) is 0 Å². The summed E-state index contributed by atoms with van der Waals surface area (Å²) in [7, 11) is 1.37. The Balaban J connectivity index is 0.00000176. The first-order valence-electron chi connectivity index (χ1n) is 6.33. The van der Waals surface area contributed by atoms with E-state index in [1.165, 1.54) is 7.11 Å². The first-order valence-corrected chi connectivity index (χ1v) is 7.21. The highest BCUT2D eigenvalue weighted by Gasteiger charge is 2.09. The average molecular weight is 377 g/mol. The van der Waals surface area contributed by atoms with Crippen LogP contribution in [0.5, 0.6) is 0 Å². The molecule has 0 aliphatic rings. The van der Waals surface area contributed by atoms with Gasteiger partial charge in [0.1, 0.15) is 10.7 Å². The van der Waals surface area contributed by atoms with Crippen LogP contribution in [0.4, 0.5) is 0 Å². The number of halogens is 1. The van der Waals surface area contributed by atoms with Crippen molar-refractivity contribution in [2.24, 2.45) is 0 Å². The van der Waals surface area contributed by atoms with Crippen molar-refractivity contribution in [1.82, 2.24) is 9.97 Å². The summed E-state index contributed by atoms with van der Waals surface area (Å²) in [5, 5.41) is 2.87. The van der Waals surface area contributed by atoms with E-state index >= 15 is 0 Å². The number of pyridine rings is 1. The number of benzene rings is 1. The lowest BCUT2D eigenvalue weighted by atomic mass is 10.1. The fraction of sp³-hybridized carbons (Fsp3) is 0.0625. The van der Waals surface area contributed by atoms with E-state index in [4.69, 9.17) is 0 Å². The molecule has 0 fully saturated rings. The van der Waals surface area contributed by atoms with Crippen molar-refractivity contribution in [3.05, 3.63) is 59.6 Å². The van der Waals surface area contributed by atoms with Crippen molar-refractivity contribution in [2.45, 2.75) is 0 Å². The zero-order valence-corrected chi connectivity index (χ0v) is 14.3. The predicted molar refractivity (Wildman–Crippen MR) is 92.4 cm³/mol. The fourth-order valence-corrected chi connectivity index (χ4v) is 2.72. The topological polar surface area (TPSA) is 52.1 Å². The lowest BCUT2D eigenvalue weighted by molar-refractivity contribution is 0.0601. The standard InChI is InChI=1S/C16H12N2O2S.BrH/c1-20-16(19)12-7-5-11(6-8-12)15-18-14(10-21-15)13-4-2-3-9-17-13;/h2-10H,1H3;1H. The van der Waals surface area contributed by atoms with Gasteiger partial charge in [0.15, 0.2) is 0 Å². The van der Waals surface area contributed by atoms with E-state index in [1.54, 1.807) is 29.7 Å². The van der Waals surface area contributed by atoms with Gasteiger partial charge in [-0.3, -0.25) is 4.98 Å². The first kappa shape index (κ1) is 16.3. The van der Waals surface area contributed by atoms with E-state index in [2.05, 4.69) is 14.7 Å². The number of ether oxygens (including phenoxy) is 1. The molecule has 0 bridgehead atoms. The van der Waals surface area contributed by atoms with Gasteiger partial charge in [-0.2, -0.15) is 0 Å². The van der Waals surface area contributed by atoms with Gasteiger partial charge in [-0.1, -0.05) is 18.2 Å². The number of aromatic nitrogens is 2. The zero-order valence-electron chi connectivity index (χ0n) is 11.7. The molecule has 0 N–H and O–H groups in total. The van der Waals surface area contributed by atoms with E-state index in [9.17, 15) is 4.79 Å². The molecule has 22 heavy (non-hydrogen) atoms. The van der Waals surface area contributed by atoms with Crippen LogP contribution >= 0.6 is 28.3 Å². The molecule has 0 saturated carbocycles. The second-order valence-electron chi connectivity index (χ2n) is 4.32. The van der Waals surface area contributed by atoms with E-state index in [1.807, 2.05) is 35.7 Å². The molecule has 2 aromatic heterocycles. The van der Waals surface area contributed by atoms with Crippen molar-refractivity contribution in [2.75, 3.05) is 7.11 Å². The number of rotatable bonds is 3. The van der Waals surface area contributed by atoms with Gasteiger partial charge >= 0.3 is 5.97 Å².